The Morgan fingerprint density at radius 2 is 1.14 bits per heavy atom. The number of rotatable bonds is 17. The van der Waals surface area contributed by atoms with Crippen molar-refractivity contribution in [3.05, 3.63) is 52.0 Å². The molecular weight excluding hydrogens is 632 g/mol. The minimum Gasteiger partial charge on any atom is -0.234 e. The lowest BCUT2D eigenvalue weighted by Crippen LogP contribution is -2.66. The van der Waals surface area contributed by atoms with Gasteiger partial charge in [0.1, 0.15) is 18.9 Å². The largest absolute Gasteiger partial charge is 0.460 e. The highest BCUT2D eigenvalue weighted by molar-refractivity contribution is 6.35. The Morgan fingerprint density at radius 3 is 1.64 bits per heavy atom. The van der Waals surface area contributed by atoms with Crippen molar-refractivity contribution in [3.8, 4) is 0 Å². The number of alkyl halides is 11. The molecule has 0 bridgehead atoms. The molecule has 0 saturated carbocycles. The predicted octanol–water partition coefficient (Wildman–Crippen LogP) is 10.4. The summed E-state index contributed by atoms with van der Waals surface area (Å²) in [5.41, 5.74) is 0.825. The van der Waals surface area contributed by atoms with Crippen LogP contribution in [0.5, 0.6) is 0 Å². The lowest BCUT2D eigenvalue weighted by atomic mass is 9.94. The van der Waals surface area contributed by atoms with Crippen LogP contribution in [0.4, 0.5) is 48.3 Å². The molecule has 0 N–H and O–H groups in total. The minimum atomic E-state index is -7.33. The first kappa shape index (κ1) is 36.4. The molecule has 0 radical (unpaired) electrons. The maximum atomic E-state index is 13.7. The molecule has 0 amide bonds. The van der Waals surface area contributed by atoms with Crippen molar-refractivity contribution in [1.82, 2.24) is 4.57 Å². The highest BCUT2D eigenvalue weighted by Gasteiger charge is 2.86. The maximum absolute atomic E-state index is 13.7. The third-order valence-electron chi connectivity index (χ3n) is 7.14. The molecule has 2 aromatic rings. The Labute approximate surface area is 246 Å². The molecule has 0 spiro atoms. The average molecular weight is 664 g/mol. The fourth-order valence-corrected chi connectivity index (χ4v) is 4.94. The van der Waals surface area contributed by atoms with E-state index in [1.807, 2.05) is 23.9 Å². The van der Waals surface area contributed by atoms with Gasteiger partial charge in [-0.25, -0.2) is 9.13 Å². The number of aromatic nitrogens is 2. The van der Waals surface area contributed by atoms with Crippen LogP contribution in [0.2, 0.25) is 10.0 Å². The second-order valence-corrected chi connectivity index (χ2v) is 11.0. The topological polar surface area (TPSA) is 8.81 Å². The summed E-state index contributed by atoms with van der Waals surface area (Å²) >= 11 is 12.5. The van der Waals surface area contributed by atoms with E-state index in [-0.39, 0.29) is 12.8 Å². The molecule has 42 heavy (non-hydrogen) atoms. The van der Waals surface area contributed by atoms with E-state index in [9.17, 15) is 48.3 Å². The van der Waals surface area contributed by atoms with E-state index in [4.69, 9.17) is 23.2 Å². The molecule has 2 nitrogen and oxygen atoms in total. The lowest BCUT2D eigenvalue weighted by molar-refractivity contribution is -0.693. The van der Waals surface area contributed by atoms with Crippen molar-refractivity contribution in [1.29, 1.82) is 0 Å². The first-order chi connectivity index (χ1) is 19.3. The standard InChI is InChI=1S/C27H32Cl2F11N2/c1-19-41(16-17-42(19)18-20-21(28)12-11-13-22(20)29)15-10-8-6-4-2-3-5-7-9-14-23(30,31)24(32,33)25(34,35)26(36,37)27(38,39)40/h11-13,16-17H,2-10,14-15,18H2,1H3/q+1. The number of halogens is 13. The van der Waals surface area contributed by atoms with E-state index >= 15 is 0 Å². The highest BCUT2D eigenvalue weighted by Crippen LogP contribution is 2.58. The van der Waals surface area contributed by atoms with Gasteiger partial charge in [-0.3, -0.25) is 0 Å². The number of hydrogen-bond acceptors (Lipinski definition) is 0. The van der Waals surface area contributed by atoms with Crippen molar-refractivity contribution in [2.75, 3.05) is 0 Å². The fraction of sp³-hybridized carbons (Fsp3) is 0.667. The number of benzene rings is 1. The van der Waals surface area contributed by atoms with Crippen LogP contribution in [0.3, 0.4) is 0 Å². The summed E-state index contributed by atoms with van der Waals surface area (Å²) < 4.78 is 147. The van der Waals surface area contributed by atoms with Crippen molar-refractivity contribution in [2.45, 2.75) is 114 Å². The second kappa shape index (κ2) is 14.3. The molecule has 2 rings (SSSR count). The molecular formula is C27H32Cl2F11N2+. The normalized spacial score (nSPS) is 13.7. The zero-order valence-corrected chi connectivity index (χ0v) is 24.2. The van der Waals surface area contributed by atoms with Crippen LogP contribution in [0.15, 0.2) is 30.6 Å². The Kier molecular flexibility index (Phi) is 12.4. The summed E-state index contributed by atoms with van der Waals surface area (Å²) in [6.07, 6.45) is -1.02. The zero-order chi connectivity index (χ0) is 32.0. The van der Waals surface area contributed by atoms with E-state index in [1.165, 1.54) is 0 Å². The number of imidazole rings is 1. The third-order valence-corrected chi connectivity index (χ3v) is 7.85. The van der Waals surface area contributed by atoms with Gasteiger partial charge in [0, 0.05) is 29.0 Å². The van der Waals surface area contributed by atoms with E-state index < -0.39 is 42.7 Å². The van der Waals surface area contributed by atoms with Gasteiger partial charge in [-0.2, -0.15) is 48.3 Å². The van der Waals surface area contributed by atoms with Crippen LogP contribution in [0, 0.1) is 6.92 Å². The van der Waals surface area contributed by atoms with Crippen LogP contribution in [0.25, 0.3) is 0 Å². The van der Waals surface area contributed by atoms with Gasteiger partial charge in [-0.1, -0.05) is 67.8 Å². The Bertz CT molecular complexity index is 1130. The molecule has 0 aliphatic rings. The van der Waals surface area contributed by atoms with Gasteiger partial charge in [-0.15, -0.1) is 0 Å². The minimum absolute atomic E-state index is 0.0980. The van der Waals surface area contributed by atoms with E-state index in [0.29, 0.717) is 29.4 Å². The summed E-state index contributed by atoms with van der Waals surface area (Å²) in [4.78, 5) is 0. The van der Waals surface area contributed by atoms with Crippen molar-refractivity contribution in [2.24, 2.45) is 0 Å². The maximum Gasteiger partial charge on any atom is 0.460 e. The number of nitrogens with zero attached hydrogens (tertiary/aromatic N) is 2. The van der Waals surface area contributed by atoms with Crippen LogP contribution >= 0.6 is 23.2 Å². The van der Waals surface area contributed by atoms with Crippen molar-refractivity contribution < 1.29 is 52.9 Å². The first-order valence-electron chi connectivity index (χ1n) is 13.3. The predicted molar refractivity (Wildman–Crippen MR) is 137 cm³/mol. The number of hydrogen-bond donors (Lipinski definition) is 0. The van der Waals surface area contributed by atoms with Crippen molar-refractivity contribution >= 4 is 23.2 Å². The van der Waals surface area contributed by atoms with E-state index in [1.54, 1.807) is 18.2 Å². The monoisotopic (exact) mass is 663 g/mol. The Balaban J connectivity index is 1.65. The molecule has 0 atom stereocenters. The quantitative estimate of drug-likeness (QED) is 0.0905. The Morgan fingerprint density at radius 1 is 0.667 bits per heavy atom. The van der Waals surface area contributed by atoms with E-state index in [0.717, 1.165) is 43.6 Å². The molecule has 1 heterocycles. The summed E-state index contributed by atoms with van der Waals surface area (Å²) in [6, 6.07) is 5.32. The van der Waals surface area contributed by atoms with Gasteiger partial charge in [0.05, 0.1) is 6.54 Å². The highest BCUT2D eigenvalue weighted by atomic mass is 35.5. The molecule has 240 valence electrons. The van der Waals surface area contributed by atoms with Gasteiger partial charge in [0.15, 0.2) is 0 Å². The lowest BCUT2D eigenvalue weighted by Gasteiger charge is -2.37. The molecule has 1 aromatic carbocycles. The number of unbranched alkanes of at least 4 members (excludes halogenated alkanes) is 8. The van der Waals surface area contributed by atoms with E-state index in [2.05, 4.69) is 4.57 Å². The van der Waals surface area contributed by atoms with Gasteiger partial charge in [-0.05, 0) is 31.4 Å². The first-order valence-corrected chi connectivity index (χ1v) is 14.1. The SMILES string of the molecule is Cc1n(CCCCCCCCCCCC(F)(F)C(F)(F)C(F)(F)C(F)(F)C(F)(F)F)cc[n+]1Cc1c(Cl)cccc1Cl. The van der Waals surface area contributed by atoms with Crippen LogP contribution in [-0.4, -0.2) is 34.4 Å². The smallest absolute Gasteiger partial charge is 0.234 e. The molecule has 0 fully saturated rings. The molecule has 0 unspecified atom stereocenters. The fourth-order valence-electron chi connectivity index (χ4n) is 4.43. The van der Waals surface area contributed by atoms with Crippen molar-refractivity contribution in [3.63, 3.8) is 0 Å². The van der Waals surface area contributed by atoms with Gasteiger partial charge < -0.3 is 0 Å². The Hall–Kier alpha value is -1.76. The van der Waals surface area contributed by atoms with Crippen LogP contribution < -0.4 is 4.57 Å². The molecule has 0 saturated heterocycles. The summed E-state index contributed by atoms with van der Waals surface area (Å²) in [6.45, 7) is 3.28. The average Bonchev–Trinajstić information content (AvgIpc) is 3.22. The van der Waals surface area contributed by atoms with Crippen LogP contribution in [-0.2, 0) is 13.1 Å². The molecule has 1 aromatic heterocycles. The summed E-state index contributed by atoms with van der Waals surface area (Å²) in [7, 11) is 0. The summed E-state index contributed by atoms with van der Waals surface area (Å²) in [5.74, 6) is -26.3. The third kappa shape index (κ3) is 8.24. The van der Waals surface area contributed by atoms with Gasteiger partial charge >= 0.3 is 29.9 Å². The summed E-state index contributed by atoms with van der Waals surface area (Å²) in [5, 5.41) is 1.16. The zero-order valence-electron chi connectivity index (χ0n) is 22.7. The second-order valence-electron chi connectivity index (χ2n) is 10.2. The molecule has 0 aliphatic carbocycles. The molecule has 15 heteroatoms. The van der Waals surface area contributed by atoms with Crippen LogP contribution in [0.1, 0.15) is 75.6 Å². The number of aryl methyl sites for hydroxylation is 1. The van der Waals surface area contributed by atoms with Gasteiger partial charge in [0.2, 0.25) is 0 Å². The molecule has 0 aliphatic heterocycles. The van der Waals surface area contributed by atoms with Gasteiger partial charge in [0.25, 0.3) is 5.82 Å².